The second kappa shape index (κ2) is 9.95. The van der Waals surface area contributed by atoms with Gasteiger partial charge in [-0.05, 0) is 0 Å². The van der Waals surface area contributed by atoms with E-state index >= 15 is 0 Å². The monoisotopic (exact) mass is 244 g/mol. The zero-order chi connectivity index (χ0) is 7.61. The van der Waals surface area contributed by atoms with Crippen LogP contribution in [0.2, 0.25) is 25.7 Å². The standard InChI is InChI=1S/C9H15Si.3CH3.Ti/c1-10(2,3)8-9-6-4-5-7-9;;;;/h4-5H,6,8H2,1-3H3;3*1H3;/q4*-1;+4. The van der Waals surface area contributed by atoms with E-state index in [4.69, 9.17) is 0 Å². The van der Waals surface area contributed by atoms with Crippen LogP contribution >= 0.6 is 0 Å². The van der Waals surface area contributed by atoms with Crippen molar-refractivity contribution >= 4 is 8.07 Å². The summed E-state index contributed by atoms with van der Waals surface area (Å²) in [5.41, 5.74) is 1.51. The molecule has 14 heavy (non-hydrogen) atoms. The summed E-state index contributed by atoms with van der Waals surface area (Å²) in [5.74, 6) is 0. The maximum atomic E-state index is 3.28. The van der Waals surface area contributed by atoms with E-state index in [1.54, 1.807) is 0 Å². The number of rotatable bonds is 2. The molecule has 0 spiro atoms. The van der Waals surface area contributed by atoms with Crippen LogP contribution in [0.5, 0.6) is 0 Å². The van der Waals surface area contributed by atoms with E-state index in [1.165, 1.54) is 11.6 Å². The van der Waals surface area contributed by atoms with E-state index in [0.717, 1.165) is 6.42 Å². The van der Waals surface area contributed by atoms with Crippen molar-refractivity contribution in [2.75, 3.05) is 0 Å². The summed E-state index contributed by atoms with van der Waals surface area (Å²) >= 11 is 0. The molecule has 0 fully saturated rings. The second-order valence-corrected chi connectivity index (χ2v) is 9.57. The molecule has 0 radical (unpaired) electrons. The van der Waals surface area contributed by atoms with Gasteiger partial charge in [-0.1, -0.05) is 32.1 Å². The van der Waals surface area contributed by atoms with E-state index < -0.39 is 8.07 Å². The Labute approximate surface area is 108 Å². The van der Waals surface area contributed by atoms with Gasteiger partial charge in [-0.2, -0.15) is 5.57 Å². The molecule has 80 valence electrons. The Morgan fingerprint density at radius 1 is 1.21 bits per heavy atom. The summed E-state index contributed by atoms with van der Waals surface area (Å²) in [5, 5.41) is 0. The summed E-state index contributed by atoms with van der Waals surface area (Å²) in [7, 11) is -0.862. The van der Waals surface area contributed by atoms with Crippen molar-refractivity contribution in [2.45, 2.75) is 32.1 Å². The van der Waals surface area contributed by atoms with Gasteiger partial charge in [0.2, 0.25) is 0 Å². The van der Waals surface area contributed by atoms with Crippen molar-refractivity contribution in [2.24, 2.45) is 0 Å². The fourth-order valence-corrected chi connectivity index (χ4v) is 2.73. The molecular formula is C12H24SiTi. The molecule has 0 saturated heterocycles. The maximum Gasteiger partial charge on any atom is 4.00 e. The molecule has 0 nitrogen and oxygen atoms in total. The van der Waals surface area contributed by atoms with Crippen molar-refractivity contribution in [3.8, 4) is 0 Å². The van der Waals surface area contributed by atoms with Gasteiger partial charge in [0.25, 0.3) is 0 Å². The number of allylic oxidation sites excluding steroid dienone is 4. The molecule has 0 heterocycles. The Bertz CT molecular complexity index is 175. The van der Waals surface area contributed by atoms with Crippen molar-refractivity contribution in [3.63, 3.8) is 0 Å². The fraction of sp³-hybridized carbons (Fsp3) is 0.417. The molecule has 1 aliphatic rings. The molecule has 0 saturated carbocycles. The number of hydrogen-bond acceptors (Lipinski definition) is 0. The average Bonchev–Trinajstić information content (AvgIpc) is 2.12. The van der Waals surface area contributed by atoms with Crippen LogP contribution < -0.4 is 0 Å². The molecule has 0 amide bonds. The van der Waals surface area contributed by atoms with E-state index in [-0.39, 0.29) is 44.0 Å². The Morgan fingerprint density at radius 3 is 2.00 bits per heavy atom. The van der Waals surface area contributed by atoms with Crippen LogP contribution in [0.4, 0.5) is 0 Å². The van der Waals surface area contributed by atoms with Gasteiger partial charge in [-0.25, -0.2) is 12.2 Å². The van der Waals surface area contributed by atoms with E-state index in [2.05, 4.69) is 37.9 Å². The predicted octanol–water partition coefficient (Wildman–Crippen LogP) is 4.36. The first-order chi connectivity index (χ1) is 4.58. The fourth-order valence-electron chi connectivity index (χ4n) is 1.20. The minimum absolute atomic E-state index is 0. The van der Waals surface area contributed by atoms with Gasteiger partial charge in [0.1, 0.15) is 0 Å². The van der Waals surface area contributed by atoms with Crippen LogP contribution in [0.25, 0.3) is 0 Å². The van der Waals surface area contributed by atoms with Crippen molar-refractivity contribution in [1.29, 1.82) is 0 Å². The van der Waals surface area contributed by atoms with Crippen LogP contribution in [-0.4, -0.2) is 8.07 Å². The minimum Gasteiger partial charge on any atom is -0.358 e. The largest absolute Gasteiger partial charge is 4.00 e. The molecule has 0 aliphatic heterocycles. The maximum absolute atomic E-state index is 3.28. The molecule has 2 heteroatoms. The first kappa shape index (κ1) is 23.9. The van der Waals surface area contributed by atoms with Crippen LogP contribution in [0.1, 0.15) is 6.42 Å². The Hall–Kier alpha value is 0.411. The average molecular weight is 244 g/mol. The predicted molar refractivity (Wildman–Crippen MR) is 67.9 cm³/mol. The Morgan fingerprint density at radius 2 is 1.71 bits per heavy atom. The Kier molecular flexibility index (Phi) is 17.0. The van der Waals surface area contributed by atoms with Crippen LogP contribution in [-0.2, 0) is 21.7 Å². The van der Waals surface area contributed by atoms with E-state index in [0.29, 0.717) is 0 Å². The summed E-state index contributed by atoms with van der Waals surface area (Å²) in [6, 6.07) is 1.32. The molecular weight excluding hydrogens is 220 g/mol. The van der Waals surface area contributed by atoms with Gasteiger partial charge in [0.15, 0.2) is 0 Å². The zero-order valence-electron chi connectivity index (χ0n) is 10.6. The molecule has 0 atom stereocenters. The molecule has 1 rings (SSSR count). The molecule has 0 bridgehead atoms. The van der Waals surface area contributed by atoms with Gasteiger partial charge in [0.05, 0.1) is 0 Å². The smallest absolute Gasteiger partial charge is 0.358 e. The van der Waals surface area contributed by atoms with Gasteiger partial charge >= 0.3 is 21.7 Å². The summed E-state index contributed by atoms with van der Waals surface area (Å²) in [6.07, 6.45) is 8.68. The Balaban J connectivity index is -0.000000125. The minimum atomic E-state index is -0.862. The second-order valence-electron chi connectivity index (χ2n) is 4.09. The van der Waals surface area contributed by atoms with Gasteiger partial charge in [-0.3, -0.25) is 6.08 Å². The normalized spacial score (nSPS) is 12.6. The van der Waals surface area contributed by atoms with E-state index in [1.807, 2.05) is 0 Å². The third kappa shape index (κ3) is 10.5. The van der Waals surface area contributed by atoms with Gasteiger partial charge in [-0.15, -0.1) is 0 Å². The summed E-state index contributed by atoms with van der Waals surface area (Å²) in [4.78, 5) is 0. The molecule has 0 aromatic heterocycles. The van der Waals surface area contributed by atoms with Crippen molar-refractivity contribution in [1.82, 2.24) is 0 Å². The first-order valence-corrected chi connectivity index (χ1v) is 7.55. The third-order valence-electron chi connectivity index (χ3n) is 1.51. The topological polar surface area (TPSA) is 0 Å². The zero-order valence-corrected chi connectivity index (χ0v) is 13.1. The SMILES string of the molecule is C[Si](C)(C)CC1=[C-]C=CC1.[CH3-].[CH3-].[CH3-].[Ti+4]. The van der Waals surface area contributed by atoms with Crippen molar-refractivity contribution < 1.29 is 21.7 Å². The molecule has 0 N–H and O–H groups in total. The van der Waals surface area contributed by atoms with Crippen molar-refractivity contribution in [3.05, 3.63) is 46.1 Å². The van der Waals surface area contributed by atoms with Crippen LogP contribution in [0.15, 0.2) is 17.7 Å². The van der Waals surface area contributed by atoms with Crippen LogP contribution in [0, 0.1) is 28.4 Å². The van der Waals surface area contributed by atoms with E-state index in [9.17, 15) is 0 Å². The first-order valence-electron chi connectivity index (χ1n) is 3.84. The van der Waals surface area contributed by atoms with Crippen LogP contribution in [0.3, 0.4) is 0 Å². The molecule has 0 unspecified atom stereocenters. The number of hydrogen-bond donors (Lipinski definition) is 0. The third-order valence-corrected chi connectivity index (χ3v) is 3.00. The summed E-state index contributed by atoms with van der Waals surface area (Å²) in [6.45, 7) is 7.21. The molecule has 0 aromatic carbocycles. The van der Waals surface area contributed by atoms with Gasteiger partial charge < -0.3 is 22.3 Å². The quantitative estimate of drug-likeness (QED) is 0.500. The molecule has 1 aliphatic carbocycles. The summed E-state index contributed by atoms with van der Waals surface area (Å²) < 4.78 is 0. The molecule has 0 aromatic rings. The van der Waals surface area contributed by atoms with Gasteiger partial charge in [0, 0.05) is 8.07 Å².